The van der Waals surface area contributed by atoms with Crippen LogP contribution >= 0.6 is 11.6 Å². The van der Waals surface area contributed by atoms with Gasteiger partial charge in [0.05, 0.1) is 0 Å². The number of nitrogens with one attached hydrogen (secondary N) is 1. The molecule has 1 saturated heterocycles. The molecule has 21 heavy (non-hydrogen) atoms. The van der Waals surface area contributed by atoms with Crippen LogP contribution in [0.5, 0.6) is 0 Å². The van der Waals surface area contributed by atoms with Crippen molar-refractivity contribution in [3.63, 3.8) is 0 Å². The largest absolute Gasteiger partial charge is 0.314 e. The van der Waals surface area contributed by atoms with Crippen LogP contribution in [0.2, 0.25) is 5.02 Å². The second-order valence-electron chi connectivity index (χ2n) is 6.29. The summed E-state index contributed by atoms with van der Waals surface area (Å²) in [5.74, 6) is 0.409. The Labute approximate surface area is 131 Å². The third-order valence-electron chi connectivity index (χ3n) is 4.92. The van der Waals surface area contributed by atoms with Gasteiger partial charge < -0.3 is 5.32 Å². The third kappa shape index (κ3) is 3.58. The highest BCUT2D eigenvalue weighted by Gasteiger charge is 2.32. The summed E-state index contributed by atoms with van der Waals surface area (Å²) in [5.41, 5.74) is 1.12. The van der Waals surface area contributed by atoms with E-state index in [2.05, 4.69) is 10.2 Å². The van der Waals surface area contributed by atoms with Crippen LogP contribution in [0.3, 0.4) is 0 Å². The summed E-state index contributed by atoms with van der Waals surface area (Å²) in [5, 5.41) is 4.00. The number of nitrogens with zero attached hydrogens (tertiary/aromatic N) is 1. The van der Waals surface area contributed by atoms with E-state index >= 15 is 0 Å². The van der Waals surface area contributed by atoms with E-state index in [1.807, 2.05) is 6.07 Å². The molecule has 2 nitrogen and oxygen atoms in total. The van der Waals surface area contributed by atoms with Crippen LogP contribution in [0.1, 0.15) is 43.7 Å². The van der Waals surface area contributed by atoms with E-state index in [0.717, 1.165) is 31.7 Å². The third-order valence-corrected chi connectivity index (χ3v) is 5.25. The van der Waals surface area contributed by atoms with Crippen LogP contribution < -0.4 is 5.32 Å². The van der Waals surface area contributed by atoms with Crippen molar-refractivity contribution in [3.8, 4) is 0 Å². The molecule has 1 atom stereocenters. The number of benzene rings is 1. The average molecular weight is 311 g/mol. The van der Waals surface area contributed by atoms with Crippen LogP contribution in [-0.4, -0.2) is 31.1 Å². The first-order valence-corrected chi connectivity index (χ1v) is 8.53. The van der Waals surface area contributed by atoms with E-state index in [4.69, 9.17) is 11.6 Å². The Morgan fingerprint density at radius 3 is 2.52 bits per heavy atom. The van der Waals surface area contributed by atoms with Gasteiger partial charge in [-0.15, -0.1) is 0 Å². The molecule has 0 aromatic heterocycles. The predicted molar refractivity (Wildman–Crippen MR) is 85.2 cm³/mol. The van der Waals surface area contributed by atoms with Crippen molar-refractivity contribution in [1.29, 1.82) is 0 Å². The highest BCUT2D eigenvalue weighted by Crippen LogP contribution is 2.41. The minimum absolute atomic E-state index is 0.244. The van der Waals surface area contributed by atoms with Crippen LogP contribution in [0.4, 0.5) is 4.39 Å². The molecule has 0 unspecified atom stereocenters. The highest BCUT2D eigenvalue weighted by molar-refractivity contribution is 6.31. The van der Waals surface area contributed by atoms with Crippen molar-refractivity contribution < 1.29 is 4.39 Å². The smallest absolute Gasteiger partial charge is 0.124 e. The van der Waals surface area contributed by atoms with Crippen molar-refractivity contribution in [2.75, 3.05) is 26.2 Å². The monoisotopic (exact) mass is 310 g/mol. The Kier molecular flexibility index (Phi) is 5.15. The lowest BCUT2D eigenvalue weighted by molar-refractivity contribution is 0.103. The molecule has 0 amide bonds. The fourth-order valence-electron chi connectivity index (χ4n) is 3.90. The lowest BCUT2D eigenvalue weighted by atomic mass is 9.80. The van der Waals surface area contributed by atoms with Crippen molar-refractivity contribution in [1.82, 2.24) is 10.2 Å². The number of halogens is 2. The molecular weight excluding hydrogens is 287 g/mol. The molecule has 1 heterocycles. The fourth-order valence-corrected chi connectivity index (χ4v) is 4.18. The SMILES string of the molecule is Fc1ccc([C@@H](C2CCCCC2)N2CCNCC2)c(Cl)c1. The molecule has 0 radical (unpaired) electrons. The lowest BCUT2D eigenvalue weighted by Crippen LogP contribution is -2.47. The number of hydrogen-bond acceptors (Lipinski definition) is 2. The minimum atomic E-state index is -0.244. The quantitative estimate of drug-likeness (QED) is 0.907. The molecule has 1 aliphatic heterocycles. The zero-order valence-corrected chi connectivity index (χ0v) is 13.2. The molecule has 1 aliphatic carbocycles. The molecule has 2 aliphatic rings. The van der Waals surface area contributed by atoms with E-state index < -0.39 is 0 Å². The van der Waals surface area contributed by atoms with Gasteiger partial charge in [-0.25, -0.2) is 4.39 Å². The summed E-state index contributed by atoms with van der Waals surface area (Å²) < 4.78 is 13.4. The van der Waals surface area contributed by atoms with Gasteiger partial charge in [0, 0.05) is 37.2 Å². The first-order chi connectivity index (χ1) is 10.3. The first kappa shape index (κ1) is 15.3. The van der Waals surface area contributed by atoms with Crippen LogP contribution in [0, 0.1) is 11.7 Å². The van der Waals surface area contributed by atoms with E-state index in [1.165, 1.54) is 38.2 Å². The molecule has 2 fully saturated rings. The summed E-state index contributed by atoms with van der Waals surface area (Å²) in [7, 11) is 0. The summed E-state index contributed by atoms with van der Waals surface area (Å²) in [6.07, 6.45) is 6.50. The van der Waals surface area contributed by atoms with E-state index in [-0.39, 0.29) is 5.82 Å². The van der Waals surface area contributed by atoms with Gasteiger partial charge in [-0.05, 0) is 36.5 Å². The first-order valence-electron chi connectivity index (χ1n) is 8.15. The summed E-state index contributed by atoms with van der Waals surface area (Å²) in [6, 6.07) is 5.27. The van der Waals surface area contributed by atoms with E-state index in [1.54, 1.807) is 6.07 Å². The zero-order valence-electron chi connectivity index (χ0n) is 12.5. The lowest BCUT2D eigenvalue weighted by Gasteiger charge is -2.41. The van der Waals surface area contributed by atoms with Gasteiger partial charge in [-0.1, -0.05) is 36.9 Å². The minimum Gasteiger partial charge on any atom is -0.314 e. The molecule has 1 aromatic rings. The second-order valence-corrected chi connectivity index (χ2v) is 6.70. The zero-order chi connectivity index (χ0) is 14.7. The Balaban J connectivity index is 1.89. The summed E-state index contributed by atoms with van der Waals surface area (Å²) >= 11 is 6.38. The maximum absolute atomic E-state index is 13.4. The Bertz CT molecular complexity index is 450. The number of hydrogen-bond donors (Lipinski definition) is 1. The molecule has 1 saturated carbocycles. The topological polar surface area (TPSA) is 15.3 Å². The Morgan fingerprint density at radius 2 is 1.86 bits per heavy atom. The molecule has 0 bridgehead atoms. The molecule has 3 rings (SSSR count). The standard InChI is InChI=1S/C17H24ClFN2/c18-16-12-14(19)6-7-15(16)17(13-4-2-1-3-5-13)21-10-8-20-9-11-21/h6-7,12-13,17,20H,1-5,8-11H2/t17-/m1/s1. The van der Waals surface area contributed by atoms with E-state index in [0.29, 0.717) is 17.0 Å². The maximum atomic E-state index is 13.4. The van der Waals surface area contributed by atoms with Crippen LogP contribution in [0.25, 0.3) is 0 Å². The molecule has 1 aromatic carbocycles. The van der Waals surface area contributed by atoms with Gasteiger partial charge in [-0.3, -0.25) is 4.90 Å². The number of piperazine rings is 1. The highest BCUT2D eigenvalue weighted by atomic mass is 35.5. The predicted octanol–water partition coefficient (Wildman–Crippen LogP) is 4.01. The van der Waals surface area contributed by atoms with Crippen molar-refractivity contribution in [2.45, 2.75) is 38.1 Å². The van der Waals surface area contributed by atoms with Gasteiger partial charge in [-0.2, -0.15) is 0 Å². The molecule has 4 heteroatoms. The normalized spacial score (nSPS) is 23.1. The molecular formula is C17H24ClFN2. The number of rotatable bonds is 3. The van der Waals surface area contributed by atoms with Crippen LogP contribution in [-0.2, 0) is 0 Å². The molecule has 116 valence electrons. The molecule has 0 spiro atoms. The van der Waals surface area contributed by atoms with Gasteiger partial charge in [0.2, 0.25) is 0 Å². The van der Waals surface area contributed by atoms with E-state index in [9.17, 15) is 4.39 Å². The average Bonchev–Trinajstić information content (AvgIpc) is 2.52. The van der Waals surface area contributed by atoms with Gasteiger partial charge in [0.15, 0.2) is 0 Å². The van der Waals surface area contributed by atoms with Crippen molar-refractivity contribution in [3.05, 3.63) is 34.6 Å². The van der Waals surface area contributed by atoms with Gasteiger partial charge in [0.1, 0.15) is 5.82 Å². The van der Waals surface area contributed by atoms with Gasteiger partial charge in [0.25, 0.3) is 0 Å². The molecule has 1 N–H and O–H groups in total. The Hall–Kier alpha value is -0.640. The van der Waals surface area contributed by atoms with Crippen molar-refractivity contribution in [2.24, 2.45) is 5.92 Å². The maximum Gasteiger partial charge on any atom is 0.124 e. The fraction of sp³-hybridized carbons (Fsp3) is 0.647. The van der Waals surface area contributed by atoms with Crippen LogP contribution in [0.15, 0.2) is 18.2 Å². The van der Waals surface area contributed by atoms with Crippen molar-refractivity contribution >= 4 is 11.6 Å². The second kappa shape index (κ2) is 7.08. The van der Waals surface area contributed by atoms with Gasteiger partial charge >= 0.3 is 0 Å². The summed E-state index contributed by atoms with van der Waals surface area (Å²) in [6.45, 7) is 4.16. The Morgan fingerprint density at radius 1 is 1.14 bits per heavy atom. The summed E-state index contributed by atoms with van der Waals surface area (Å²) in [4.78, 5) is 2.55.